The molecule has 0 spiro atoms. The van der Waals surface area contributed by atoms with E-state index in [0.29, 0.717) is 6.07 Å². The molecule has 0 aliphatic carbocycles. The average Bonchev–Trinajstić information content (AvgIpc) is 2.46. The molecule has 2 aromatic carbocycles. The Morgan fingerprint density at radius 2 is 1.83 bits per heavy atom. The lowest BCUT2D eigenvalue weighted by atomic mass is 10.1. The number of hydrogen-bond donors (Lipinski definition) is 1. The molecule has 0 saturated heterocycles. The molecule has 0 heterocycles. The molecule has 0 aliphatic heterocycles. The highest BCUT2D eigenvalue weighted by molar-refractivity contribution is 6.32. The maximum atomic E-state index is 13.9. The maximum absolute atomic E-state index is 13.9. The predicted molar refractivity (Wildman–Crippen MR) is 74.1 cm³/mol. The van der Waals surface area contributed by atoms with Gasteiger partial charge in [0.25, 0.3) is 0 Å². The summed E-state index contributed by atoms with van der Waals surface area (Å²) in [4.78, 5) is 10.8. The van der Waals surface area contributed by atoms with Crippen LogP contribution in [0, 0.1) is 11.6 Å². The molecule has 9 heteroatoms. The van der Waals surface area contributed by atoms with Crippen LogP contribution in [0.15, 0.2) is 30.3 Å². The Morgan fingerprint density at radius 1 is 1.17 bits per heavy atom. The van der Waals surface area contributed by atoms with Gasteiger partial charge in [-0.3, -0.25) is 0 Å². The van der Waals surface area contributed by atoms with E-state index < -0.39 is 41.5 Å². The third kappa shape index (κ3) is 3.76. The first kappa shape index (κ1) is 18.0. The molecule has 3 nitrogen and oxygen atoms in total. The molecule has 2 aromatic rings. The molecule has 0 bridgehead atoms. The van der Waals surface area contributed by atoms with Gasteiger partial charge in [0.2, 0.25) is 0 Å². The number of halogens is 6. The fourth-order valence-corrected chi connectivity index (χ4v) is 2.09. The Morgan fingerprint density at radius 3 is 2.38 bits per heavy atom. The molecule has 0 aromatic heterocycles. The number of ether oxygens (including phenoxy) is 1. The Bertz CT molecular complexity index is 789. The first-order chi connectivity index (χ1) is 11.1. The molecule has 0 unspecified atom stereocenters. The minimum atomic E-state index is -4.58. The number of alkyl halides is 3. The smallest absolute Gasteiger partial charge is 0.416 e. The largest absolute Gasteiger partial charge is 0.487 e. The summed E-state index contributed by atoms with van der Waals surface area (Å²) < 4.78 is 69.9. The summed E-state index contributed by atoms with van der Waals surface area (Å²) in [5.41, 5.74) is -2.42. The summed E-state index contributed by atoms with van der Waals surface area (Å²) >= 11 is 5.68. The lowest BCUT2D eigenvalue weighted by molar-refractivity contribution is -0.137. The second-order valence-corrected chi connectivity index (χ2v) is 5.04. The molecule has 2 rings (SSSR count). The Hall–Kier alpha value is -2.35. The minimum Gasteiger partial charge on any atom is -0.487 e. The van der Waals surface area contributed by atoms with Crippen molar-refractivity contribution in [1.82, 2.24) is 0 Å². The number of hydrogen-bond acceptors (Lipinski definition) is 2. The molecule has 0 aliphatic rings. The SMILES string of the molecule is O=C(O)c1c(F)ccc(COc2ccc(C(F)(F)F)cc2Cl)c1F. The van der Waals surface area contributed by atoms with Crippen molar-refractivity contribution >= 4 is 17.6 Å². The standard InChI is InChI=1S/C15H8ClF5O3/c16-9-5-8(15(19,20)21)2-4-11(9)24-6-7-1-3-10(17)12(13(7)18)14(22)23/h1-5H,6H2,(H,22,23). The highest BCUT2D eigenvalue weighted by Crippen LogP contribution is 2.35. The van der Waals surface area contributed by atoms with Crippen LogP contribution in [0.4, 0.5) is 22.0 Å². The summed E-state index contributed by atoms with van der Waals surface area (Å²) in [5, 5.41) is 8.40. The van der Waals surface area contributed by atoms with Gasteiger partial charge in [-0.05, 0) is 30.3 Å². The van der Waals surface area contributed by atoms with Crippen LogP contribution in [0.3, 0.4) is 0 Å². The van der Waals surface area contributed by atoms with E-state index in [4.69, 9.17) is 21.4 Å². The zero-order valence-electron chi connectivity index (χ0n) is 11.6. The van der Waals surface area contributed by atoms with Crippen LogP contribution in [-0.4, -0.2) is 11.1 Å². The van der Waals surface area contributed by atoms with Crippen molar-refractivity contribution in [3.05, 3.63) is 63.7 Å². The summed E-state index contributed by atoms with van der Waals surface area (Å²) in [6, 6.07) is 4.03. The first-order valence-electron chi connectivity index (χ1n) is 6.31. The third-order valence-corrected chi connectivity index (χ3v) is 3.32. The lowest BCUT2D eigenvalue weighted by Crippen LogP contribution is -2.09. The van der Waals surface area contributed by atoms with Gasteiger partial charge in [0.1, 0.15) is 29.6 Å². The van der Waals surface area contributed by atoms with Crippen LogP contribution in [0.1, 0.15) is 21.5 Å². The van der Waals surface area contributed by atoms with E-state index in [1.807, 2.05) is 0 Å². The number of rotatable bonds is 4. The van der Waals surface area contributed by atoms with Crippen LogP contribution in [0.2, 0.25) is 5.02 Å². The van der Waals surface area contributed by atoms with Crippen molar-refractivity contribution < 1.29 is 36.6 Å². The molecule has 0 radical (unpaired) electrons. The number of carboxylic acid groups (broad SMARTS) is 1. The van der Waals surface area contributed by atoms with E-state index in [0.717, 1.165) is 24.3 Å². The molecule has 0 fully saturated rings. The number of aromatic carboxylic acids is 1. The molecule has 0 saturated carbocycles. The zero-order chi connectivity index (χ0) is 18.1. The van der Waals surface area contributed by atoms with Gasteiger partial charge in [0, 0.05) is 5.56 Å². The quantitative estimate of drug-likeness (QED) is 0.782. The van der Waals surface area contributed by atoms with Crippen LogP contribution in [-0.2, 0) is 12.8 Å². The van der Waals surface area contributed by atoms with E-state index >= 15 is 0 Å². The van der Waals surface area contributed by atoms with Crippen LogP contribution >= 0.6 is 11.6 Å². The van der Waals surface area contributed by atoms with E-state index in [1.54, 1.807) is 0 Å². The van der Waals surface area contributed by atoms with Crippen molar-refractivity contribution in [3.63, 3.8) is 0 Å². The molecule has 24 heavy (non-hydrogen) atoms. The number of carboxylic acids is 1. The van der Waals surface area contributed by atoms with Crippen molar-refractivity contribution in [2.75, 3.05) is 0 Å². The highest BCUT2D eigenvalue weighted by atomic mass is 35.5. The van der Waals surface area contributed by atoms with Gasteiger partial charge in [-0.2, -0.15) is 13.2 Å². The number of carbonyl (C=O) groups is 1. The van der Waals surface area contributed by atoms with Crippen molar-refractivity contribution in [1.29, 1.82) is 0 Å². The predicted octanol–water partition coefficient (Wildman–Crippen LogP) is 4.91. The topological polar surface area (TPSA) is 46.5 Å². The second-order valence-electron chi connectivity index (χ2n) is 4.63. The number of benzene rings is 2. The van der Waals surface area contributed by atoms with Crippen LogP contribution in [0.25, 0.3) is 0 Å². The monoisotopic (exact) mass is 366 g/mol. The van der Waals surface area contributed by atoms with Gasteiger partial charge in [-0.1, -0.05) is 11.6 Å². The summed E-state index contributed by atoms with van der Waals surface area (Å²) in [5.74, 6) is -4.54. The average molecular weight is 367 g/mol. The highest BCUT2D eigenvalue weighted by Gasteiger charge is 2.31. The van der Waals surface area contributed by atoms with Gasteiger partial charge < -0.3 is 9.84 Å². The normalized spacial score (nSPS) is 11.4. The summed E-state index contributed by atoms with van der Waals surface area (Å²) in [6.07, 6.45) is -4.58. The maximum Gasteiger partial charge on any atom is 0.416 e. The van der Waals surface area contributed by atoms with Gasteiger partial charge in [-0.15, -0.1) is 0 Å². The Balaban J connectivity index is 2.23. The molecular formula is C15H8ClF5O3. The molecular weight excluding hydrogens is 359 g/mol. The fourth-order valence-electron chi connectivity index (χ4n) is 1.85. The van der Waals surface area contributed by atoms with Gasteiger partial charge >= 0.3 is 12.1 Å². The van der Waals surface area contributed by atoms with Crippen molar-refractivity contribution in [2.45, 2.75) is 12.8 Å². The molecule has 0 atom stereocenters. The molecule has 128 valence electrons. The second kappa shape index (κ2) is 6.64. The van der Waals surface area contributed by atoms with Gasteiger partial charge in [0.05, 0.1) is 10.6 Å². The molecule has 0 amide bonds. The lowest BCUT2D eigenvalue weighted by Gasteiger charge is -2.12. The van der Waals surface area contributed by atoms with Crippen LogP contribution in [0.5, 0.6) is 5.75 Å². The van der Waals surface area contributed by atoms with Crippen molar-refractivity contribution in [2.24, 2.45) is 0 Å². The third-order valence-electron chi connectivity index (χ3n) is 3.03. The first-order valence-corrected chi connectivity index (χ1v) is 6.68. The summed E-state index contributed by atoms with van der Waals surface area (Å²) in [7, 11) is 0. The molecule has 1 N–H and O–H groups in total. The van der Waals surface area contributed by atoms with E-state index in [2.05, 4.69) is 0 Å². The van der Waals surface area contributed by atoms with E-state index in [9.17, 15) is 26.7 Å². The van der Waals surface area contributed by atoms with E-state index in [-0.39, 0.29) is 16.3 Å². The Labute approximate surface area is 137 Å². The van der Waals surface area contributed by atoms with Gasteiger partial charge in [-0.25, -0.2) is 13.6 Å². The zero-order valence-corrected chi connectivity index (χ0v) is 12.4. The van der Waals surface area contributed by atoms with E-state index in [1.165, 1.54) is 0 Å². The summed E-state index contributed by atoms with van der Waals surface area (Å²) in [6.45, 7) is -0.544. The van der Waals surface area contributed by atoms with Crippen LogP contribution < -0.4 is 4.74 Å². The minimum absolute atomic E-state index is 0.162. The van der Waals surface area contributed by atoms with Gasteiger partial charge in [0.15, 0.2) is 0 Å². The fraction of sp³-hybridized carbons (Fsp3) is 0.133. The Kier molecular flexibility index (Phi) is 4.98. The van der Waals surface area contributed by atoms with Crippen molar-refractivity contribution in [3.8, 4) is 5.75 Å².